The van der Waals surface area contributed by atoms with Crippen molar-refractivity contribution in [2.45, 2.75) is 152 Å². The second-order valence-electron chi connectivity index (χ2n) is 17.7. The number of carboxylic acids is 1. The molecule has 4 saturated carbocycles. The van der Waals surface area contributed by atoms with E-state index in [1.165, 1.54) is 77.0 Å². The van der Waals surface area contributed by atoms with Gasteiger partial charge in [0.25, 0.3) is 0 Å². The van der Waals surface area contributed by atoms with E-state index in [9.17, 15) is 9.90 Å². The molecule has 0 spiro atoms. The van der Waals surface area contributed by atoms with Gasteiger partial charge >= 0.3 is 5.97 Å². The first-order valence-electron chi connectivity index (χ1n) is 20.7. The Kier molecular flexibility index (Phi) is 8.88. The minimum Gasteiger partial charge on any atom is -0.490 e. The molecule has 5 saturated heterocycles. The van der Waals surface area contributed by atoms with Crippen molar-refractivity contribution in [1.29, 1.82) is 0 Å². The third kappa shape index (κ3) is 5.82. The predicted molar refractivity (Wildman–Crippen MR) is 190 cm³/mol. The number of ether oxygens (including phenoxy) is 1. The van der Waals surface area contributed by atoms with Crippen molar-refractivity contribution in [2.75, 3.05) is 0 Å². The number of hydrogen-bond acceptors (Lipinski definition) is 10. The van der Waals surface area contributed by atoms with Gasteiger partial charge in [0.2, 0.25) is 0 Å². The third-order valence-corrected chi connectivity index (χ3v) is 15.2. The Hall–Kier alpha value is -1.83. The van der Waals surface area contributed by atoms with Crippen LogP contribution in [0.1, 0.15) is 107 Å². The lowest BCUT2D eigenvalue weighted by Gasteiger charge is -2.39. The van der Waals surface area contributed by atoms with E-state index in [1.807, 2.05) is 12.1 Å². The Bertz CT molecular complexity index is 1400. The summed E-state index contributed by atoms with van der Waals surface area (Å²) < 4.78 is 6.81. The molecule has 5 aliphatic heterocycles. The zero-order chi connectivity index (χ0) is 33.3. The van der Waals surface area contributed by atoms with Gasteiger partial charge in [0.15, 0.2) is 0 Å². The normalized spacial score (nSPS) is 49.7. The number of aromatic carboxylic acids is 1. The Morgan fingerprint density at radius 3 is 1.30 bits per heavy atom. The minimum absolute atomic E-state index is 0.00528. The first kappa shape index (κ1) is 32.8. The van der Waals surface area contributed by atoms with E-state index in [4.69, 9.17) is 4.74 Å². The highest BCUT2D eigenvalue weighted by Gasteiger charge is 2.56. The molecule has 0 aromatic heterocycles. The van der Waals surface area contributed by atoms with Crippen LogP contribution in [0.2, 0.25) is 0 Å². The standard InChI is InChI=1S/C39H60N8O3/c48-39(49)20-9-7-10-21(19-20)50-29-18-8-17-28-30(29)38-46-36-27-16-6-5-15-26(27)34(44-36)42-32-23-12-2-1-11-22(23)31(40-32)41-33-24-13-3-4-14-25(24)35(43-33)45-37(28)47-38/h7,9-10,19,22-38,40-47H,1-6,8,11-18H2,(H,48,49). The Morgan fingerprint density at radius 1 is 0.500 bits per heavy atom. The zero-order valence-corrected chi connectivity index (χ0v) is 29.5. The van der Waals surface area contributed by atoms with Crippen LogP contribution in [0.25, 0.3) is 0 Å². The molecule has 9 N–H and O–H groups in total. The van der Waals surface area contributed by atoms with Crippen molar-refractivity contribution in [3.05, 3.63) is 29.8 Å². The van der Waals surface area contributed by atoms with Gasteiger partial charge in [-0.05, 0) is 117 Å². The summed E-state index contributed by atoms with van der Waals surface area (Å²) in [6.45, 7) is 0. The molecule has 11 heteroatoms. The molecule has 17 unspecified atom stereocenters. The highest BCUT2D eigenvalue weighted by Crippen LogP contribution is 2.46. The molecule has 9 fully saturated rings. The second-order valence-corrected chi connectivity index (χ2v) is 17.7. The lowest BCUT2D eigenvalue weighted by Crippen LogP contribution is -2.62. The van der Waals surface area contributed by atoms with Crippen molar-refractivity contribution in [2.24, 2.45) is 47.3 Å². The van der Waals surface area contributed by atoms with Crippen molar-refractivity contribution >= 4 is 5.97 Å². The summed E-state index contributed by atoms with van der Waals surface area (Å²) in [5, 5.41) is 43.3. The van der Waals surface area contributed by atoms with Crippen molar-refractivity contribution < 1.29 is 14.6 Å². The van der Waals surface area contributed by atoms with Gasteiger partial charge in [-0.25, -0.2) is 4.79 Å². The number of fused-ring (bicyclic) bond motifs is 20. The summed E-state index contributed by atoms with van der Waals surface area (Å²) in [6.07, 6.45) is 21.1. The largest absolute Gasteiger partial charge is 0.490 e. The fourth-order valence-corrected chi connectivity index (χ4v) is 13.0. The molecule has 11 nitrogen and oxygen atoms in total. The average molecular weight is 689 g/mol. The summed E-state index contributed by atoms with van der Waals surface area (Å²) >= 11 is 0. The molecule has 0 radical (unpaired) electrons. The highest BCUT2D eigenvalue weighted by molar-refractivity contribution is 5.88. The van der Waals surface area contributed by atoms with Gasteiger partial charge in [-0.15, -0.1) is 0 Å². The van der Waals surface area contributed by atoms with E-state index in [1.54, 1.807) is 12.1 Å². The molecule has 0 amide bonds. The number of benzene rings is 1. The average Bonchev–Trinajstić information content (AvgIpc) is 3.88. The maximum absolute atomic E-state index is 11.8. The van der Waals surface area contributed by atoms with Crippen molar-refractivity contribution in [1.82, 2.24) is 42.5 Å². The Balaban J connectivity index is 0.987. The highest BCUT2D eigenvalue weighted by atomic mass is 16.5. The first-order valence-corrected chi connectivity index (χ1v) is 20.7. The van der Waals surface area contributed by atoms with Crippen LogP contribution in [0.3, 0.4) is 0 Å². The monoisotopic (exact) mass is 688 g/mol. The minimum atomic E-state index is -0.912. The number of nitrogens with one attached hydrogen (secondary N) is 8. The van der Waals surface area contributed by atoms with Crippen molar-refractivity contribution in [3.8, 4) is 5.75 Å². The van der Waals surface area contributed by atoms with Crippen LogP contribution in [0, 0.1) is 47.3 Å². The smallest absolute Gasteiger partial charge is 0.335 e. The molecule has 1 aromatic carbocycles. The lowest BCUT2D eigenvalue weighted by molar-refractivity contribution is 0.0422. The van der Waals surface area contributed by atoms with Crippen molar-refractivity contribution in [3.63, 3.8) is 0 Å². The summed E-state index contributed by atoms with van der Waals surface area (Å²) in [4.78, 5) is 11.8. The predicted octanol–water partition coefficient (Wildman–Crippen LogP) is 3.36. The molecule has 4 aliphatic carbocycles. The maximum atomic E-state index is 11.8. The van der Waals surface area contributed by atoms with E-state index < -0.39 is 5.97 Å². The van der Waals surface area contributed by atoms with Gasteiger partial charge in [-0.1, -0.05) is 44.6 Å². The molecule has 9 aliphatic rings. The topological polar surface area (TPSA) is 143 Å². The van der Waals surface area contributed by atoms with Gasteiger partial charge < -0.3 is 9.84 Å². The maximum Gasteiger partial charge on any atom is 0.335 e. The molecular formula is C39H60N8O3. The number of hydrogen-bond donors (Lipinski definition) is 9. The number of rotatable bonds is 3. The van der Waals surface area contributed by atoms with E-state index in [0.29, 0.717) is 71.8 Å². The van der Waals surface area contributed by atoms with Gasteiger partial charge in [0.1, 0.15) is 11.9 Å². The second kappa shape index (κ2) is 13.5. The van der Waals surface area contributed by atoms with E-state index in [2.05, 4.69) is 42.5 Å². The van der Waals surface area contributed by atoms with Crippen LogP contribution < -0.4 is 47.3 Å². The summed E-state index contributed by atoms with van der Waals surface area (Å²) in [6, 6.07) is 7.09. The Morgan fingerprint density at radius 2 is 0.880 bits per heavy atom. The van der Waals surface area contributed by atoms with E-state index in [0.717, 1.165) is 19.3 Å². The summed E-state index contributed by atoms with van der Waals surface area (Å²) in [7, 11) is 0. The molecule has 8 bridgehead atoms. The SMILES string of the molecule is O=C(O)c1cccc(OC2CCCC3C4NC5NC(NC6NC(NC7NC(NC(N4)C23)C2CCCCC72)C2CCCCC62)C2CCCCC52)c1. The van der Waals surface area contributed by atoms with Crippen LogP contribution in [0.5, 0.6) is 5.75 Å². The van der Waals surface area contributed by atoms with Crippen LogP contribution in [-0.2, 0) is 0 Å². The number of carbonyl (C=O) groups is 1. The molecule has 50 heavy (non-hydrogen) atoms. The Labute approximate surface area is 297 Å². The fourth-order valence-electron chi connectivity index (χ4n) is 13.0. The fraction of sp³-hybridized carbons (Fsp3) is 0.821. The quantitative estimate of drug-likeness (QED) is 0.231. The summed E-state index contributed by atoms with van der Waals surface area (Å²) in [5.74, 6) is 4.26. The van der Waals surface area contributed by atoms with Crippen LogP contribution >= 0.6 is 0 Å². The van der Waals surface area contributed by atoms with E-state index in [-0.39, 0.29) is 42.2 Å². The molecular weight excluding hydrogens is 628 g/mol. The zero-order valence-electron chi connectivity index (χ0n) is 29.5. The van der Waals surface area contributed by atoms with Gasteiger partial charge in [-0.3, -0.25) is 42.5 Å². The molecule has 274 valence electrons. The molecule has 17 atom stereocenters. The molecule has 1 aromatic rings. The van der Waals surface area contributed by atoms with Crippen LogP contribution in [0.15, 0.2) is 24.3 Å². The van der Waals surface area contributed by atoms with Gasteiger partial charge in [-0.2, -0.15) is 0 Å². The summed E-state index contributed by atoms with van der Waals surface area (Å²) in [5.41, 5.74) is 0.281. The number of carboxylic acid groups (broad SMARTS) is 1. The molecule has 10 rings (SSSR count). The molecule has 5 heterocycles. The van der Waals surface area contributed by atoms with E-state index >= 15 is 0 Å². The van der Waals surface area contributed by atoms with Gasteiger partial charge in [0.05, 0.1) is 54.9 Å². The van der Waals surface area contributed by atoms with Gasteiger partial charge in [0, 0.05) is 5.92 Å². The lowest BCUT2D eigenvalue weighted by atomic mass is 9.75. The van der Waals surface area contributed by atoms with Crippen LogP contribution in [-0.4, -0.2) is 66.5 Å². The third-order valence-electron chi connectivity index (χ3n) is 15.2. The first-order chi connectivity index (χ1) is 24.6. The van der Waals surface area contributed by atoms with Crippen LogP contribution in [0.4, 0.5) is 0 Å².